The molecule has 8 heteroatoms. The predicted octanol–water partition coefficient (Wildman–Crippen LogP) is 1.89. The first kappa shape index (κ1) is 17.6. The van der Waals surface area contributed by atoms with Gasteiger partial charge in [0, 0.05) is 12.2 Å². The number of aryl methyl sites for hydroxylation is 2. The molecule has 2 aromatic rings. The van der Waals surface area contributed by atoms with Gasteiger partial charge in [0.1, 0.15) is 12.4 Å². The minimum absolute atomic E-state index is 0.0872. The second-order valence-corrected chi connectivity index (χ2v) is 8.26. The first-order valence-corrected chi connectivity index (χ1v) is 9.89. The molecule has 0 bridgehead atoms. The van der Waals surface area contributed by atoms with E-state index in [-0.39, 0.29) is 24.0 Å². The third-order valence-corrected chi connectivity index (χ3v) is 5.50. The quantitative estimate of drug-likeness (QED) is 0.876. The summed E-state index contributed by atoms with van der Waals surface area (Å²) >= 11 is 0. The van der Waals surface area contributed by atoms with Crippen LogP contribution in [-0.4, -0.2) is 37.3 Å². The SMILES string of the molecule is CCOCC(=O)Nc1c2c(nn1-c1ccc(C)cc1C)CS(=O)(=O)C2. The van der Waals surface area contributed by atoms with Gasteiger partial charge < -0.3 is 10.1 Å². The molecule has 3 rings (SSSR count). The molecule has 0 radical (unpaired) electrons. The number of fused-ring (bicyclic) bond motifs is 1. The second-order valence-electron chi connectivity index (χ2n) is 6.19. The summed E-state index contributed by atoms with van der Waals surface area (Å²) < 4.78 is 30.6. The smallest absolute Gasteiger partial charge is 0.251 e. The van der Waals surface area contributed by atoms with E-state index in [0.717, 1.165) is 16.8 Å². The number of hydrogen-bond acceptors (Lipinski definition) is 5. The van der Waals surface area contributed by atoms with Gasteiger partial charge in [-0.15, -0.1) is 0 Å². The van der Waals surface area contributed by atoms with Gasteiger partial charge >= 0.3 is 0 Å². The van der Waals surface area contributed by atoms with Crippen LogP contribution < -0.4 is 5.32 Å². The first-order chi connectivity index (χ1) is 11.8. The summed E-state index contributed by atoms with van der Waals surface area (Å²) in [6.45, 7) is 6.10. The maximum atomic E-state index is 12.1. The highest BCUT2D eigenvalue weighted by molar-refractivity contribution is 7.90. The van der Waals surface area contributed by atoms with Gasteiger partial charge in [0.25, 0.3) is 5.91 Å². The van der Waals surface area contributed by atoms with Crippen LogP contribution in [0, 0.1) is 13.8 Å². The molecule has 0 atom stereocenters. The van der Waals surface area contributed by atoms with Crippen molar-refractivity contribution >= 4 is 21.6 Å². The summed E-state index contributed by atoms with van der Waals surface area (Å²) in [5.41, 5.74) is 3.97. The molecule has 25 heavy (non-hydrogen) atoms. The van der Waals surface area contributed by atoms with Crippen molar-refractivity contribution in [3.05, 3.63) is 40.6 Å². The molecule has 1 aliphatic heterocycles. The van der Waals surface area contributed by atoms with Crippen molar-refractivity contribution in [2.24, 2.45) is 0 Å². The molecule has 2 heterocycles. The van der Waals surface area contributed by atoms with Crippen molar-refractivity contribution in [3.8, 4) is 5.69 Å². The molecule has 0 fully saturated rings. The fourth-order valence-corrected chi connectivity index (χ4v) is 4.44. The number of sulfone groups is 1. The van der Waals surface area contributed by atoms with Crippen LogP contribution in [0.4, 0.5) is 5.82 Å². The van der Waals surface area contributed by atoms with Gasteiger partial charge in [0.05, 0.1) is 22.9 Å². The maximum Gasteiger partial charge on any atom is 0.251 e. The fourth-order valence-electron chi connectivity index (χ4n) is 2.95. The minimum Gasteiger partial charge on any atom is -0.372 e. The summed E-state index contributed by atoms with van der Waals surface area (Å²) in [5.74, 6) is -0.140. The highest BCUT2D eigenvalue weighted by atomic mass is 32.2. The van der Waals surface area contributed by atoms with Crippen LogP contribution in [0.1, 0.15) is 29.3 Å². The molecule has 0 aliphatic carbocycles. The Balaban J connectivity index is 2.05. The number of hydrogen-bond donors (Lipinski definition) is 1. The number of rotatable bonds is 5. The molecule has 0 unspecified atom stereocenters. The Labute approximate surface area is 146 Å². The Kier molecular flexibility index (Phi) is 4.66. The molecule has 0 saturated carbocycles. The van der Waals surface area contributed by atoms with Crippen LogP contribution in [0.2, 0.25) is 0 Å². The Bertz CT molecular complexity index is 932. The Morgan fingerprint density at radius 2 is 2.08 bits per heavy atom. The van der Waals surface area contributed by atoms with Crippen molar-refractivity contribution in [2.75, 3.05) is 18.5 Å². The van der Waals surface area contributed by atoms with Crippen LogP contribution in [0.15, 0.2) is 18.2 Å². The van der Waals surface area contributed by atoms with Gasteiger partial charge in [-0.3, -0.25) is 4.79 Å². The molecular formula is C17H21N3O4S. The lowest BCUT2D eigenvalue weighted by Gasteiger charge is -2.13. The van der Waals surface area contributed by atoms with Crippen molar-refractivity contribution in [1.29, 1.82) is 0 Å². The van der Waals surface area contributed by atoms with Crippen molar-refractivity contribution in [3.63, 3.8) is 0 Å². The van der Waals surface area contributed by atoms with Crippen LogP contribution in [0.25, 0.3) is 5.69 Å². The normalized spacial score (nSPS) is 15.2. The topological polar surface area (TPSA) is 90.3 Å². The summed E-state index contributed by atoms with van der Waals surface area (Å²) in [5, 5.41) is 7.24. The first-order valence-electron chi connectivity index (χ1n) is 8.07. The van der Waals surface area contributed by atoms with Crippen LogP contribution in [0.3, 0.4) is 0 Å². The zero-order chi connectivity index (χ0) is 18.2. The van der Waals surface area contributed by atoms with Gasteiger partial charge in [-0.1, -0.05) is 17.7 Å². The Hall–Kier alpha value is -2.19. The van der Waals surface area contributed by atoms with Gasteiger partial charge in [-0.2, -0.15) is 5.10 Å². The summed E-state index contributed by atoms with van der Waals surface area (Å²) in [6, 6.07) is 5.89. The second kappa shape index (κ2) is 6.61. The van der Waals surface area contributed by atoms with E-state index in [2.05, 4.69) is 10.4 Å². The van der Waals surface area contributed by atoms with Gasteiger partial charge in [-0.25, -0.2) is 13.1 Å². The van der Waals surface area contributed by atoms with E-state index in [1.54, 1.807) is 11.6 Å². The van der Waals surface area contributed by atoms with E-state index >= 15 is 0 Å². The molecule has 1 N–H and O–H groups in total. The highest BCUT2D eigenvalue weighted by Crippen LogP contribution is 2.33. The molecule has 1 aromatic heterocycles. The number of anilines is 1. The van der Waals surface area contributed by atoms with E-state index in [1.807, 2.05) is 32.0 Å². The molecule has 0 saturated heterocycles. The number of carbonyl (C=O) groups excluding carboxylic acids is 1. The van der Waals surface area contributed by atoms with E-state index in [4.69, 9.17) is 4.74 Å². The van der Waals surface area contributed by atoms with Crippen LogP contribution in [0.5, 0.6) is 0 Å². The third-order valence-electron chi connectivity index (χ3n) is 4.06. The van der Waals surface area contributed by atoms with Crippen LogP contribution >= 0.6 is 0 Å². The van der Waals surface area contributed by atoms with Crippen molar-refractivity contribution in [2.45, 2.75) is 32.3 Å². The highest BCUT2D eigenvalue weighted by Gasteiger charge is 2.33. The van der Waals surface area contributed by atoms with E-state index in [0.29, 0.717) is 23.7 Å². The standard InChI is InChI=1S/C17H21N3O4S/c1-4-24-8-16(21)18-17-13-9-25(22,23)10-14(13)19-20(17)15-6-5-11(2)7-12(15)3/h5-7H,4,8-10H2,1-3H3,(H,18,21). The largest absolute Gasteiger partial charge is 0.372 e. The van der Waals surface area contributed by atoms with E-state index < -0.39 is 9.84 Å². The van der Waals surface area contributed by atoms with Gasteiger partial charge in [-0.05, 0) is 32.4 Å². The third kappa shape index (κ3) is 3.59. The van der Waals surface area contributed by atoms with Crippen molar-refractivity contribution in [1.82, 2.24) is 9.78 Å². The van der Waals surface area contributed by atoms with E-state index in [9.17, 15) is 13.2 Å². The molecule has 1 aliphatic rings. The lowest BCUT2D eigenvalue weighted by atomic mass is 10.1. The number of aromatic nitrogens is 2. The van der Waals surface area contributed by atoms with Crippen LogP contribution in [-0.2, 0) is 30.9 Å². The lowest BCUT2D eigenvalue weighted by molar-refractivity contribution is -0.120. The van der Waals surface area contributed by atoms with Gasteiger partial charge in [0.15, 0.2) is 9.84 Å². The predicted molar refractivity (Wildman–Crippen MR) is 94.5 cm³/mol. The summed E-state index contributed by atoms with van der Waals surface area (Å²) in [6.07, 6.45) is 0. The fraction of sp³-hybridized carbons (Fsp3) is 0.412. The zero-order valence-corrected chi connectivity index (χ0v) is 15.3. The zero-order valence-electron chi connectivity index (χ0n) is 14.5. The molecule has 7 nitrogen and oxygen atoms in total. The Morgan fingerprint density at radius 1 is 1.32 bits per heavy atom. The minimum atomic E-state index is -3.21. The number of ether oxygens (including phenoxy) is 1. The molecule has 1 amide bonds. The molecule has 1 aromatic carbocycles. The molecule has 0 spiro atoms. The number of benzene rings is 1. The molecular weight excluding hydrogens is 342 g/mol. The molecule has 134 valence electrons. The monoisotopic (exact) mass is 363 g/mol. The number of amides is 1. The Morgan fingerprint density at radius 3 is 2.76 bits per heavy atom. The maximum absolute atomic E-state index is 12.1. The van der Waals surface area contributed by atoms with Crippen molar-refractivity contribution < 1.29 is 17.9 Å². The number of nitrogens with zero attached hydrogens (tertiary/aromatic N) is 2. The number of nitrogens with one attached hydrogen (secondary N) is 1. The summed E-state index contributed by atoms with van der Waals surface area (Å²) in [4.78, 5) is 12.1. The van der Waals surface area contributed by atoms with Gasteiger partial charge in [0.2, 0.25) is 0 Å². The summed E-state index contributed by atoms with van der Waals surface area (Å²) in [7, 11) is -3.21. The average molecular weight is 363 g/mol. The number of carbonyl (C=O) groups is 1. The lowest BCUT2D eigenvalue weighted by Crippen LogP contribution is -2.21. The van der Waals surface area contributed by atoms with E-state index in [1.165, 1.54) is 0 Å². The average Bonchev–Trinajstić information content (AvgIpc) is 2.98.